The Labute approximate surface area is 204 Å². The highest BCUT2D eigenvalue weighted by Crippen LogP contribution is 2.31. The van der Waals surface area contributed by atoms with E-state index in [0.29, 0.717) is 16.9 Å². The Bertz CT molecular complexity index is 1320. The van der Waals surface area contributed by atoms with Crippen molar-refractivity contribution >= 4 is 62.3 Å². The molecule has 1 aliphatic heterocycles. The molecule has 0 fully saturated rings. The normalized spacial score (nSPS) is 13.5. The first-order valence-corrected chi connectivity index (χ1v) is 11.2. The van der Waals surface area contributed by atoms with Crippen LogP contribution < -0.4 is 15.5 Å². The summed E-state index contributed by atoms with van der Waals surface area (Å²) < 4.78 is 0.818. The van der Waals surface area contributed by atoms with Crippen molar-refractivity contribution in [3.05, 3.63) is 98.6 Å². The molecule has 0 unspecified atom stereocenters. The Morgan fingerprint density at radius 1 is 0.939 bits per heavy atom. The van der Waals surface area contributed by atoms with Gasteiger partial charge in [-0.25, -0.2) is 4.90 Å². The summed E-state index contributed by atoms with van der Waals surface area (Å²) in [7, 11) is 0. The van der Waals surface area contributed by atoms with E-state index in [9.17, 15) is 14.4 Å². The van der Waals surface area contributed by atoms with Gasteiger partial charge in [-0.3, -0.25) is 14.4 Å². The van der Waals surface area contributed by atoms with Crippen molar-refractivity contribution in [2.75, 3.05) is 15.5 Å². The highest BCUT2D eigenvalue weighted by atomic mass is 79.9. The molecule has 3 aromatic rings. The minimum absolute atomic E-state index is 0.0447. The number of imide groups is 1. The standard InChI is InChI=1S/C25H19BrClN3O3/c1-14-5-3-8-20(15(14)2)29-23(31)16-6-4-7-18(13-16)28-22-21(27)24(32)30(25(22)33)19-11-9-17(26)10-12-19/h3-13,28H,1-2H3,(H,29,31). The fraction of sp³-hybridized carbons (Fsp3) is 0.0800. The summed E-state index contributed by atoms with van der Waals surface area (Å²) in [6, 6.07) is 19.1. The summed E-state index contributed by atoms with van der Waals surface area (Å²) in [5, 5.41) is 5.60. The molecule has 8 heteroatoms. The van der Waals surface area contributed by atoms with Crippen LogP contribution in [-0.4, -0.2) is 17.7 Å². The largest absolute Gasteiger partial charge is 0.350 e. The summed E-state index contributed by atoms with van der Waals surface area (Å²) in [6.45, 7) is 3.92. The van der Waals surface area contributed by atoms with Crippen LogP contribution in [0.2, 0.25) is 0 Å². The van der Waals surface area contributed by atoms with Gasteiger partial charge in [0.1, 0.15) is 10.7 Å². The molecule has 166 valence electrons. The summed E-state index contributed by atoms with van der Waals surface area (Å²) in [5.74, 6) is -1.48. The molecule has 4 rings (SSSR count). The maximum Gasteiger partial charge on any atom is 0.283 e. The highest BCUT2D eigenvalue weighted by molar-refractivity contribution is 9.10. The first-order valence-electron chi connectivity index (χ1n) is 10.0. The first kappa shape index (κ1) is 22.8. The number of halogens is 2. The molecule has 0 saturated carbocycles. The summed E-state index contributed by atoms with van der Waals surface area (Å²) in [5.41, 5.74) is 3.99. The number of anilines is 3. The average Bonchev–Trinajstić information content (AvgIpc) is 3.01. The zero-order chi connectivity index (χ0) is 23.7. The molecule has 0 spiro atoms. The van der Waals surface area contributed by atoms with Crippen molar-refractivity contribution in [1.82, 2.24) is 0 Å². The summed E-state index contributed by atoms with van der Waals surface area (Å²) in [4.78, 5) is 39.4. The van der Waals surface area contributed by atoms with Gasteiger partial charge in [-0.1, -0.05) is 45.7 Å². The van der Waals surface area contributed by atoms with Gasteiger partial charge >= 0.3 is 0 Å². The van der Waals surface area contributed by atoms with Crippen LogP contribution in [0.5, 0.6) is 0 Å². The van der Waals surface area contributed by atoms with Crippen molar-refractivity contribution in [3.8, 4) is 0 Å². The Balaban J connectivity index is 1.55. The second-order valence-corrected chi connectivity index (χ2v) is 8.81. The number of hydrogen-bond acceptors (Lipinski definition) is 4. The number of carbonyl (C=O) groups excluding carboxylic acids is 3. The van der Waals surface area contributed by atoms with Gasteiger partial charge in [-0.15, -0.1) is 0 Å². The lowest BCUT2D eigenvalue weighted by atomic mass is 10.1. The number of carbonyl (C=O) groups is 3. The number of rotatable bonds is 5. The van der Waals surface area contributed by atoms with E-state index in [1.165, 1.54) is 0 Å². The zero-order valence-corrected chi connectivity index (χ0v) is 20.1. The fourth-order valence-corrected chi connectivity index (χ4v) is 3.88. The van der Waals surface area contributed by atoms with E-state index in [-0.39, 0.29) is 16.6 Å². The number of nitrogens with one attached hydrogen (secondary N) is 2. The number of amides is 3. The SMILES string of the molecule is Cc1cccc(NC(=O)c2cccc(NC3=C(Cl)C(=O)N(c4ccc(Br)cc4)C3=O)c2)c1C. The van der Waals surface area contributed by atoms with Crippen LogP contribution in [-0.2, 0) is 9.59 Å². The molecule has 33 heavy (non-hydrogen) atoms. The third kappa shape index (κ3) is 4.55. The lowest BCUT2D eigenvalue weighted by molar-refractivity contribution is -0.120. The first-order chi connectivity index (χ1) is 15.8. The Kier molecular flexibility index (Phi) is 6.35. The molecule has 0 radical (unpaired) electrons. The van der Waals surface area contributed by atoms with Gasteiger partial charge in [0, 0.05) is 21.4 Å². The van der Waals surface area contributed by atoms with Gasteiger partial charge in [-0.05, 0) is 73.5 Å². The molecule has 6 nitrogen and oxygen atoms in total. The number of nitrogens with zero attached hydrogens (tertiary/aromatic N) is 1. The van der Waals surface area contributed by atoms with Gasteiger partial charge in [0.25, 0.3) is 17.7 Å². The maximum absolute atomic E-state index is 13.0. The van der Waals surface area contributed by atoms with E-state index in [2.05, 4.69) is 26.6 Å². The van der Waals surface area contributed by atoms with Crippen LogP contribution in [0.4, 0.5) is 17.1 Å². The smallest absolute Gasteiger partial charge is 0.283 e. The van der Waals surface area contributed by atoms with E-state index in [4.69, 9.17) is 11.6 Å². The number of benzene rings is 3. The van der Waals surface area contributed by atoms with E-state index < -0.39 is 11.8 Å². The van der Waals surface area contributed by atoms with Crippen molar-refractivity contribution in [1.29, 1.82) is 0 Å². The minimum Gasteiger partial charge on any atom is -0.350 e. The summed E-state index contributed by atoms with van der Waals surface area (Å²) in [6.07, 6.45) is 0. The van der Waals surface area contributed by atoms with Crippen molar-refractivity contribution in [2.45, 2.75) is 13.8 Å². The van der Waals surface area contributed by atoms with Gasteiger partial charge in [-0.2, -0.15) is 0 Å². The van der Waals surface area contributed by atoms with E-state index in [1.807, 2.05) is 32.0 Å². The molecule has 1 heterocycles. The van der Waals surface area contributed by atoms with Crippen LogP contribution >= 0.6 is 27.5 Å². The molecule has 0 aromatic heterocycles. The van der Waals surface area contributed by atoms with Crippen molar-refractivity contribution in [2.24, 2.45) is 0 Å². The van der Waals surface area contributed by atoms with Gasteiger partial charge in [0.2, 0.25) is 0 Å². The topological polar surface area (TPSA) is 78.5 Å². The van der Waals surface area contributed by atoms with E-state index in [1.54, 1.807) is 48.5 Å². The Morgan fingerprint density at radius 2 is 1.64 bits per heavy atom. The lowest BCUT2D eigenvalue weighted by Crippen LogP contribution is -2.32. The molecule has 0 saturated heterocycles. The molecule has 0 bridgehead atoms. The van der Waals surface area contributed by atoms with Gasteiger partial charge in [0.15, 0.2) is 0 Å². The zero-order valence-electron chi connectivity index (χ0n) is 17.8. The molecule has 0 atom stereocenters. The second kappa shape index (κ2) is 9.21. The van der Waals surface area contributed by atoms with Crippen LogP contribution in [0.15, 0.2) is 81.9 Å². The van der Waals surface area contributed by atoms with Crippen molar-refractivity contribution < 1.29 is 14.4 Å². The van der Waals surface area contributed by atoms with E-state index >= 15 is 0 Å². The Morgan fingerprint density at radius 3 is 2.36 bits per heavy atom. The predicted molar refractivity (Wildman–Crippen MR) is 133 cm³/mol. The molecule has 1 aliphatic rings. The van der Waals surface area contributed by atoms with Crippen molar-refractivity contribution in [3.63, 3.8) is 0 Å². The third-order valence-corrected chi connectivity index (χ3v) is 6.24. The molecule has 0 aliphatic carbocycles. The number of aryl methyl sites for hydroxylation is 1. The predicted octanol–water partition coefficient (Wildman–Crippen LogP) is 5.75. The minimum atomic E-state index is -0.615. The van der Waals surface area contributed by atoms with Crippen LogP contribution in [0.3, 0.4) is 0 Å². The summed E-state index contributed by atoms with van der Waals surface area (Å²) >= 11 is 9.54. The lowest BCUT2D eigenvalue weighted by Gasteiger charge is -2.15. The number of hydrogen-bond donors (Lipinski definition) is 2. The monoisotopic (exact) mass is 523 g/mol. The van der Waals surface area contributed by atoms with Gasteiger partial charge < -0.3 is 10.6 Å². The molecular weight excluding hydrogens is 506 g/mol. The van der Waals surface area contributed by atoms with E-state index in [0.717, 1.165) is 26.2 Å². The van der Waals surface area contributed by atoms with Crippen LogP contribution in [0, 0.1) is 13.8 Å². The van der Waals surface area contributed by atoms with Gasteiger partial charge in [0.05, 0.1) is 5.69 Å². The third-order valence-electron chi connectivity index (χ3n) is 5.36. The highest BCUT2D eigenvalue weighted by Gasteiger charge is 2.39. The fourth-order valence-electron chi connectivity index (χ4n) is 3.40. The molecule has 3 aromatic carbocycles. The molecule has 3 amide bonds. The second-order valence-electron chi connectivity index (χ2n) is 7.52. The van der Waals surface area contributed by atoms with Crippen LogP contribution in [0.25, 0.3) is 0 Å². The maximum atomic E-state index is 13.0. The average molecular weight is 525 g/mol. The molecule has 2 N–H and O–H groups in total. The van der Waals surface area contributed by atoms with Crippen LogP contribution in [0.1, 0.15) is 21.5 Å². The quantitative estimate of drug-likeness (QED) is 0.416. The molecular formula is C25H19BrClN3O3. The Hall–Kier alpha value is -3.42.